The standard InChI is InChI=1S/C16H13N5O4/c17-14(22)13-11-6-3-9(7-12(11)19-15(13)20-16(18)23)8-1-4-10(5-2-8)21(24)25/h1-7,19H,(H2,17,22)(H3,18,20,23). The number of fused-ring (bicyclic) bond motifs is 1. The SMILES string of the molecule is NC(=O)Nc1[nH]c2cc(-c3ccc([N+](=O)[O-])cc3)ccc2c1C(N)=O. The average Bonchev–Trinajstić information content (AvgIpc) is 2.91. The summed E-state index contributed by atoms with van der Waals surface area (Å²) >= 11 is 0. The van der Waals surface area contributed by atoms with Crippen molar-refractivity contribution in [2.75, 3.05) is 5.32 Å². The Bertz CT molecular complexity index is 1010. The molecule has 3 aromatic rings. The second-order valence-corrected chi connectivity index (χ2v) is 5.29. The molecule has 0 aliphatic rings. The van der Waals surface area contributed by atoms with E-state index in [0.717, 1.165) is 11.1 Å². The average molecular weight is 339 g/mol. The molecule has 1 aromatic heterocycles. The van der Waals surface area contributed by atoms with Gasteiger partial charge < -0.3 is 16.5 Å². The molecule has 1 heterocycles. The van der Waals surface area contributed by atoms with Crippen LogP contribution in [0.15, 0.2) is 42.5 Å². The van der Waals surface area contributed by atoms with Gasteiger partial charge in [0.2, 0.25) is 0 Å². The summed E-state index contributed by atoms with van der Waals surface area (Å²) in [5, 5.41) is 13.6. The molecule has 0 unspecified atom stereocenters. The molecule has 0 saturated heterocycles. The summed E-state index contributed by atoms with van der Waals surface area (Å²) in [6.07, 6.45) is 0. The van der Waals surface area contributed by atoms with Crippen LogP contribution in [-0.2, 0) is 0 Å². The summed E-state index contributed by atoms with van der Waals surface area (Å²) in [4.78, 5) is 35.9. The molecular weight excluding hydrogens is 326 g/mol. The zero-order valence-corrected chi connectivity index (χ0v) is 12.8. The molecule has 9 nitrogen and oxygen atoms in total. The van der Waals surface area contributed by atoms with Crippen LogP contribution in [0.25, 0.3) is 22.0 Å². The Hall–Kier alpha value is -3.88. The van der Waals surface area contributed by atoms with Crippen molar-refractivity contribution in [3.05, 3.63) is 58.1 Å². The van der Waals surface area contributed by atoms with E-state index in [4.69, 9.17) is 11.5 Å². The topological polar surface area (TPSA) is 157 Å². The van der Waals surface area contributed by atoms with E-state index in [1.165, 1.54) is 12.1 Å². The number of carbonyl (C=O) groups excluding carboxylic acids is 2. The van der Waals surface area contributed by atoms with Crippen LogP contribution >= 0.6 is 0 Å². The maximum absolute atomic E-state index is 11.7. The summed E-state index contributed by atoms with van der Waals surface area (Å²) < 4.78 is 0. The first kappa shape index (κ1) is 16.0. The fraction of sp³-hybridized carbons (Fsp3) is 0. The molecule has 0 aliphatic carbocycles. The van der Waals surface area contributed by atoms with Crippen molar-refractivity contribution in [3.8, 4) is 11.1 Å². The molecule has 0 spiro atoms. The molecule has 6 N–H and O–H groups in total. The van der Waals surface area contributed by atoms with E-state index in [1.54, 1.807) is 30.3 Å². The highest BCUT2D eigenvalue weighted by Crippen LogP contribution is 2.30. The molecule has 25 heavy (non-hydrogen) atoms. The molecule has 0 radical (unpaired) electrons. The van der Waals surface area contributed by atoms with Gasteiger partial charge in [0.05, 0.1) is 10.5 Å². The van der Waals surface area contributed by atoms with Crippen molar-refractivity contribution in [1.82, 2.24) is 4.98 Å². The zero-order valence-electron chi connectivity index (χ0n) is 12.8. The Balaban J connectivity index is 2.09. The second kappa shape index (κ2) is 5.96. The fourth-order valence-corrected chi connectivity index (χ4v) is 2.63. The van der Waals surface area contributed by atoms with Crippen LogP contribution in [0.4, 0.5) is 16.3 Å². The first-order valence-electron chi connectivity index (χ1n) is 7.13. The molecule has 0 aliphatic heterocycles. The van der Waals surface area contributed by atoms with Crippen LogP contribution in [0.2, 0.25) is 0 Å². The van der Waals surface area contributed by atoms with E-state index < -0.39 is 16.9 Å². The first-order chi connectivity index (χ1) is 11.9. The van der Waals surface area contributed by atoms with Crippen molar-refractivity contribution >= 4 is 34.3 Å². The van der Waals surface area contributed by atoms with E-state index >= 15 is 0 Å². The number of amides is 3. The highest BCUT2D eigenvalue weighted by atomic mass is 16.6. The third-order valence-corrected chi connectivity index (χ3v) is 3.70. The molecule has 9 heteroatoms. The number of aromatic nitrogens is 1. The van der Waals surface area contributed by atoms with Gasteiger partial charge in [-0.05, 0) is 29.3 Å². The van der Waals surface area contributed by atoms with Gasteiger partial charge in [-0.1, -0.05) is 12.1 Å². The number of aromatic amines is 1. The number of nitrogens with two attached hydrogens (primary N) is 2. The van der Waals surface area contributed by atoms with Crippen molar-refractivity contribution < 1.29 is 14.5 Å². The maximum Gasteiger partial charge on any atom is 0.317 e. The largest absolute Gasteiger partial charge is 0.365 e. The van der Waals surface area contributed by atoms with Crippen LogP contribution in [-0.4, -0.2) is 21.8 Å². The van der Waals surface area contributed by atoms with Crippen LogP contribution in [0.1, 0.15) is 10.4 Å². The number of hydrogen-bond donors (Lipinski definition) is 4. The predicted molar refractivity (Wildman–Crippen MR) is 92.1 cm³/mol. The van der Waals surface area contributed by atoms with Crippen molar-refractivity contribution in [1.29, 1.82) is 0 Å². The van der Waals surface area contributed by atoms with Gasteiger partial charge in [0.1, 0.15) is 5.82 Å². The number of hydrogen-bond acceptors (Lipinski definition) is 4. The Morgan fingerprint density at radius 2 is 1.68 bits per heavy atom. The van der Waals surface area contributed by atoms with Gasteiger partial charge in [-0.2, -0.15) is 0 Å². The maximum atomic E-state index is 11.7. The minimum Gasteiger partial charge on any atom is -0.365 e. The number of primary amides is 2. The number of nitrogens with zero attached hydrogens (tertiary/aromatic N) is 1. The number of anilines is 1. The third-order valence-electron chi connectivity index (χ3n) is 3.70. The van der Waals surface area contributed by atoms with Crippen LogP contribution < -0.4 is 16.8 Å². The number of rotatable bonds is 4. The lowest BCUT2D eigenvalue weighted by molar-refractivity contribution is -0.384. The lowest BCUT2D eigenvalue weighted by atomic mass is 10.0. The molecule has 3 amide bonds. The Kier molecular flexibility index (Phi) is 3.82. The van der Waals surface area contributed by atoms with E-state index in [1.807, 2.05) is 0 Å². The van der Waals surface area contributed by atoms with Gasteiger partial charge in [-0.15, -0.1) is 0 Å². The van der Waals surface area contributed by atoms with E-state index in [9.17, 15) is 19.7 Å². The normalized spacial score (nSPS) is 10.6. The van der Waals surface area contributed by atoms with Gasteiger partial charge in [0.15, 0.2) is 0 Å². The number of carbonyl (C=O) groups is 2. The molecule has 0 atom stereocenters. The molecule has 2 aromatic carbocycles. The molecule has 0 fully saturated rings. The summed E-state index contributed by atoms with van der Waals surface area (Å²) in [6, 6.07) is 10.4. The van der Waals surface area contributed by atoms with Gasteiger partial charge in [0, 0.05) is 23.0 Å². The smallest absolute Gasteiger partial charge is 0.317 e. The molecule has 3 rings (SSSR count). The van der Waals surface area contributed by atoms with Crippen LogP contribution in [0.5, 0.6) is 0 Å². The second-order valence-electron chi connectivity index (χ2n) is 5.29. The lowest BCUT2D eigenvalue weighted by Gasteiger charge is -2.02. The number of urea groups is 1. The van der Waals surface area contributed by atoms with Crippen molar-refractivity contribution in [2.45, 2.75) is 0 Å². The van der Waals surface area contributed by atoms with Crippen LogP contribution in [0.3, 0.4) is 0 Å². The monoisotopic (exact) mass is 339 g/mol. The zero-order chi connectivity index (χ0) is 18.1. The first-order valence-corrected chi connectivity index (χ1v) is 7.13. The Morgan fingerprint density at radius 1 is 1.04 bits per heavy atom. The third kappa shape index (κ3) is 2.98. The lowest BCUT2D eigenvalue weighted by Crippen LogP contribution is -2.22. The highest BCUT2D eigenvalue weighted by Gasteiger charge is 2.18. The molecule has 0 bridgehead atoms. The highest BCUT2D eigenvalue weighted by molar-refractivity contribution is 6.13. The Morgan fingerprint density at radius 3 is 2.24 bits per heavy atom. The summed E-state index contributed by atoms with van der Waals surface area (Å²) in [7, 11) is 0. The summed E-state index contributed by atoms with van der Waals surface area (Å²) in [5.74, 6) is -0.589. The number of non-ortho nitro benzene ring substituents is 1. The minimum atomic E-state index is -0.829. The minimum absolute atomic E-state index is 0.00587. The summed E-state index contributed by atoms with van der Waals surface area (Å²) in [6.45, 7) is 0. The number of nitrogens with one attached hydrogen (secondary N) is 2. The number of benzene rings is 2. The van der Waals surface area contributed by atoms with Gasteiger partial charge in [-0.3, -0.25) is 20.2 Å². The van der Waals surface area contributed by atoms with Crippen molar-refractivity contribution in [3.63, 3.8) is 0 Å². The molecular formula is C16H13N5O4. The number of H-pyrrole nitrogens is 1. The van der Waals surface area contributed by atoms with Gasteiger partial charge in [-0.25, -0.2) is 4.79 Å². The number of nitro benzene ring substituents is 1. The quantitative estimate of drug-likeness (QED) is 0.425. The van der Waals surface area contributed by atoms with Crippen LogP contribution in [0, 0.1) is 10.1 Å². The van der Waals surface area contributed by atoms with E-state index in [-0.39, 0.29) is 17.1 Å². The molecule has 0 saturated carbocycles. The predicted octanol–water partition coefficient (Wildman–Crippen LogP) is 2.33. The number of nitro groups is 1. The van der Waals surface area contributed by atoms with Gasteiger partial charge >= 0.3 is 6.03 Å². The summed E-state index contributed by atoms with van der Waals surface area (Å²) in [5.41, 5.74) is 12.7. The van der Waals surface area contributed by atoms with Gasteiger partial charge in [0.25, 0.3) is 11.6 Å². The van der Waals surface area contributed by atoms with E-state index in [0.29, 0.717) is 10.9 Å². The van der Waals surface area contributed by atoms with E-state index in [2.05, 4.69) is 10.3 Å². The molecule has 126 valence electrons. The Labute approximate surface area is 140 Å². The fourth-order valence-electron chi connectivity index (χ4n) is 2.63. The van der Waals surface area contributed by atoms with Crippen molar-refractivity contribution in [2.24, 2.45) is 11.5 Å².